The van der Waals surface area contributed by atoms with Gasteiger partial charge in [-0.25, -0.2) is 4.98 Å². The summed E-state index contributed by atoms with van der Waals surface area (Å²) >= 11 is 4.68. The molecule has 0 aliphatic carbocycles. The van der Waals surface area contributed by atoms with Crippen molar-refractivity contribution in [1.82, 2.24) is 9.38 Å². The Hall–Kier alpha value is -1.99. The standard InChI is InChI=1S/C13H8BrN3O2S/c14-9-3-1-2-4-10(9)16-11(18)8-7-15-13-17(12(8)19)5-6-20-13/h1-7H,(H,16,18). The summed E-state index contributed by atoms with van der Waals surface area (Å²) < 4.78 is 2.11. The molecule has 3 rings (SSSR count). The lowest BCUT2D eigenvalue weighted by molar-refractivity contribution is 0.102. The molecule has 5 nitrogen and oxygen atoms in total. The van der Waals surface area contributed by atoms with Gasteiger partial charge in [0.15, 0.2) is 4.96 Å². The Morgan fingerprint density at radius 2 is 2.15 bits per heavy atom. The molecule has 0 aliphatic heterocycles. The van der Waals surface area contributed by atoms with Crippen LogP contribution in [0.1, 0.15) is 10.4 Å². The number of carbonyl (C=O) groups is 1. The predicted molar refractivity (Wildman–Crippen MR) is 81.4 cm³/mol. The van der Waals surface area contributed by atoms with E-state index in [1.165, 1.54) is 21.9 Å². The van der Waals surface area contributed by atoms with Gasteiger partial charge in [0.2, 0.25) is 0 Å². The monoisotopic (exact) mass is 349 g/mol. The lowest BCUT2D eigenvalue weighted by Gasteiger charge is -2.06. The molecule has 2 aromatic heterocycles. The molecule has 0 unspecified atom stereocenters. The summed E-state index contributed by atoms with van der Waals surface area (Å²) in [6.45, 7) is 0. The van der Waals surface area contributed by atoms with Crippen molar-refractivity contribution in [2.75, 3.05) is 5.32 Å². The highest BCUT2D eigenvalue weighted by atomic mass is 79.9. The van der Waals surface area contributed by atoms with Crippen molar-refractivity contribution in [2.45, 2.75) is 0 Å². The van der Waals surface area contributed by atoms with Crippen molar-refractivity contribution < 1.29 is 4.79 Å². The van der Waals surface area contributed by atoms with Gasteiger partial charge < -0.3 is 5.32 Å². The summed E-state index contributed by atoms with van der Waals surface area (Å²) in [5, 5.41) is 4.44. The van der Waals surface area contributed by atoms with E-state index in [2.05, 4.69) is 26.2 Å². The Morgan fingerprint density at radius 3 is 2.95 bits per heavy atom. The third-order valence-electron chi connectivity index (χ3n) is 2.71. The number of anilines is 1. The van der Waals surface area contributed by atoms with Gasteiger partial charge in [-0.15, -0.1) is 11.3 Å². The van der Waals surface area contributed by atoms with E-state index in [0.717, 1.165) is 4.47 Å². The summed E-state index contributed by atoms with van der Waals surface area (Å²) in [7, 11) is 0. The number of thiazole rings is 1. The van der Waals surface area contributed by atoms with Gasteiger partial charge in [-0.1, -0.05) is 12.1 Å². The number of nitrogens with zero attached hydrogens (tertiary/aromatic N) is 2. The topological polar surface area (TPSA) is 63.5 Å². The average Bonchev–Trinajstić information content (AvgIpc) is 2.91. The number of benzene rings is 1. The van der Waals surface area contributed by atoms with Crippen molar-refractivity contribution in [3.8, 4) is 0 Å². The first-order chi connectivity index (χ1) is 9.66. The molecule has 0 fully saturated rings. The highest BCUT2D eigenvalue weighted by Gasteiger charge is 2.14. The molecule has 0 atom stereocenters. The normalized spacial score (nSPS) is 10.7. The summed E-state index contributed by atoms with van der Waals surface area (Å²) in [5.41, 5.74) is 0.241. The van der Waals surface area contributed by atoms with E-state index in [-0.39, 0.29) is 11.1 Å². The van der Waals surface area contributed by atoms with Crippen molar-refractivity contribution >= 4 is 43.8 Å². The number of hydrogen-bond acceptors (Lipinski definition) is 4. The molecule has 100 valence electrons. The molecule has 2 heterocycles. The quantitative estimate of drug-likeness (QED) is 0.773. The number of hydrogen-bond donors (Lipinski definition) is 1. The van der Waals surface area contributed by atoms with E-state index < -0.39 is 5.91 Å². The second kappa shape index (κ2) is 5.18. The summed E-state index contributed by atoms with van der Waals surface area (Å²) in [4.78, 5) is 29.0. The maximum Gasteiger partial charge on any atom is 0.271 e. The molecule has 1 N–H and O–H groups in total. The zero-order chi connectivity index (χ0) is 14.1. The van der Waals surface area contributed by atoms with E-state index in [4.69, 9.17) is 0 Å². The first-order valence-corrected chi connectivity index (χ1v) is 7.35. The van der Waals surface area contributed by atoms with Crippen molar-refractivity contribution in [3.05, 3.63) is 62.4 Å². The van der Waals surface area contributed by atoms with Gasteiger partial charge in [-0.05, 0) is 28.1 Å². The van der Waals surface area contributed by atoms with Gasteiger partial charge >= 0.3 is 0 Å². The summed E-state index contributed by atoms with van der Waals surface area (Å²) in [6.07, 6.45) is 2.91. The van der Waals surface area contributed by atoms with Crippen LogP contribution >= 0.6 is 27.3 Å². The van der Waals surface area contributed by atoms with Crippen LogP contribution in [-0.4, -0.2) is 15.3 Å². The van der Waals surface area contributed by atoms with Crippen LogP contribution in [0, 0.1) is 0 Å². The smallest absolute Gasteiger partial charge is 0.271 e. The lowest BCUT2D eigenvalue weighted by atomic mass is 10.2. The number of aromatic nitrogens is 2. The Labute approximate surface area is 126 Å². The van der Waals surface area contributed by atoms with E-state index >= 15 is 0 Å². The molecule has 0 radical (unpaired) electrons. The van der Waals surface area contributed by atoms with Crippen LogP contribution in [0.5, 0.6) is 0 Å². The first kappa shape index (κ1) is 13.0. The number of nitrogens with one attached hydrogen (secondary N) is 1. The van der Waals surface area contributed by atoms with Crippen LogP contribution in [0.15, 0.2) is 51.3 Å². The van der Waals surface area contributed by atoms with Crippen LogP contribution < -0.4 is 10.9 Å². The number of carbonyl (C=O) groups excluding carboxylic acids is 1. The number of amides is 1. The van der Waals surface area contributed by atoms with Gasteiger partial charge in [0.05, 0.1) is 5.69 Å². The fourth-order valence-corrected chi connectivity index (χ4v) is 2.79. The first-order valence-electron chi connectivity index (χ1n) is 5.67. The van der Waals surface area contributed by atoms with Gasteiger partial charge in [-0.3, -0.25) is 14.0 Å². The van der Waals surface area contributed by atoms with Gasteiger partial charge in [0.25, 0.3) is 11.5 Å². The maximum absolute atomic E-state index is 12.2. The minimum absolute atomic E-state index is 0.0108. The minimum atomic E-state index is -0.477. The molecule has 0 saturated heterocycles. The van der Waals surface area contributed by atoms with Crippen molar-refractivity contribution in [3.63, 3.8) is 0 Å². The Balaban J connectivity index is 1.99. The molecule has 0 bridgehead atoms. The fraction of sp³-hybridized carbons (Fsp3) is 0. The SMILES string of the molecule is O=C(Nc1ccccc1Br)c1cnc2sccn2c1=O. The Morgan fingerprint density at radius 1 is 1.35 bits per heavy atom. The Bertz CT molecular complexity index is 856. The van der Waals surface area contributed by atoms with Crippen molar-refractivity contribution in [2.24, 2.45) is 0 Å². The molecule has 0 spiro atoms. The summed E-state index contributed by atoms with van der Waals surface area (Å²) in [5.74, 6) is -0.477. The molecule has 1 amide bonds. The van der Waals surface area contributed by atoms with Crippen LogP contribution in [-0.2, 0) is 0 Å². The van der Waals surface area contributed by atoms with Gasteiger partial charge in [-0.2, -0.15) is 0 Å². The third-order valence-corrected chi connectivity index (χ3v) is 4.17. The molecule has 0 saturated carbocycles. The summed E-state index contributed by atoms with van der Waals surface area (Å²) in [6, 6.07) is 7.19. The highest BCUT2D eigenvalue weighted by molar-refractivity contribution is 9.10. The number of halogens is 1. The van der Waals surface area contributed by atoms with Gasteiger partial charge in [0.1, 0.15) is 5.56 Å². The largest absolute Gasteiger partial charge is 0.321 e. The zero-order valence-corrected chi connectivity index (χ0v) is 12.4. The average molecular weight is 350 g/mol. The van der Waals surface area contributed by atoms with E-state index in [0.29, 0.717) is 10.6 Å². The van der Waals surface area contributed by atoms with E-state index in [1.54, 1.807) is 23.7 Å². The molecule has 3 aromatic rings. The number of para-hydroxylation sites is 1. The van der Waals surface area contributed by atoms with E-state index in [1.807, 2.05) is 12.1 Å². The number of fused-ring (bicyclic) bond motifs is 1. The lowest BCUT2D eigenvalue weighted by Crippen LogP contribution is -2.25. The third kappa shape index (κ3) is 2.25. The van der Waals surface area contributed by atoms with Crippen LogP contribution in [0.4, 0.5) is 5.69 Å². The fourth-order valence-electron chi connectivity index (χ4n) is 1.73. The molecular formula is C13H8BrN3O2S. The number of rotatable bonds is 2. The molecule has 1 aromatic carbocycles. The highest BCUT2D eigenvalue weighted by Crippen LogP contribution is 2.21. The zero-order valence-electron chi connectivity index (χ0n) is 10.0. The maximum atomic E-state index is 12.2. The van der Waals surface area contributed by atoms with E-state index in [9.17, 15) is 9.59 Å². The predicted octanol–water partition coefficient (Wildman–Crippen LogP) is 2.77. The van der Waals surface area contributed by atoms with Crippen LogP contribution in [0.2, 0.25) is 0 Å². The molecule has 20 heavy (non-hydrogen) atoms. The second-order valence-electron chi connectivity index (χ2n) is 3.97. The Kier molecular flexibility index (Phi) is 3.37. The van der Waals surface area contributed by atoms with Crippen molar-refractivity contribution in [1.29, 1.82) is 0 Å². The molecular weight excluding hydrogens is 342 g/mol. The minimum Gasteiger partial charge on any atom is -0.321 e. The molecule has 7 heteroatoms. The van der Waals surface area contributed by atoms with Gasteiger partial charge in [0, 0.05) is 22.2 Å². The van der Waals surface area contributed by atoms with Crippen LogP contribution in [0.25, 0.3) is 4.96 Å². The second-order valence-corrected chi connectivity index (χ2v) is 5.69. The molecule has 0 aliphatic rings. The van der Waals surface area contributed by atoms with Crippen LogP contribution in [0.3, 0.4) is 0 Å².